The molecule has 0 bridgehead atoms. The molecule has 168 valence electrons. The predicted molar refractivity (Wildman–Crippen MR) is 124 cm³/mol. The molecule has 0 spiro atoms. The standard InChI is InChI=1S/C25H29N3O4/c1-5-16-27(17-6-2)19-14-12-18(13-15-19)22-21(24(29)31-3)23(25(30)32-4)28(26-22)20-10-8-7-9-11-20/h7-15H,5-6,16-17H2,1-4H3. The molecule has 3 aromatic rings. The Morgan fingerprint density at radius 1 is 0.875 bits per heavy atom. The summed E-state index contributed by atoms with van der Waals surface area (Å²) >= 11 is 0. The maximum Gasteiger partial charge on any atom is 0.357 e. The fourth-order valence-electron chi connectivity index (χ4n) is 3.70. The van der Waals surface area contributed by atoms with Gasteiger partial charge in [0.05, 0.1) is 19.9 Å². The summed E-state index contributed by atoms with van der Waals surface area (Å²) < 4.78 is 11.4. The summed E-state index contributed by atoms with van der Waals surface area (Å²) in [5, 5.41) is 4.64. The fourth-order valence-corrected chi connectivity index (χ4v) is 3.70. The molecule has 1 heterocycles. The molecule has 0 fully saturated rings. The first-order valence-electron chi connectivity index (χ1n) is 10.8. The molecule has 32 heavy (non-hydrogen) atoms. The van der Waals surface area contributed by atoms with Crippen molar-refractivity contribution in [3.63, 3.8) is 0 Å². The van der Waals surface area contributed by atoms with Gasteiger partial charge in [0.1, 0.15) is 11.3 Å². The van der Waals surface area contributed by atoms with Gasteiger partial charge in [-0.15, -0.1) is 0 Å². The van der Waals surface area contributed by atoms with E-state index >= 15 is 0 Å². The van der Waals surface area contributed by atoms with Crippen LogP contribution in [0.25, 0.3) is 16.9 Å². The summed E-state index contributed by atoms with van der Waals surface area (Å²) in [5.74, 6) is -1.31. The summed E-state index contributed by atoms with van der Waals surface area (Å²) in [4.78, 5) is 27.8. The average molecular weight is 436 g/mol. The Labute approximate surface area is 188 Å². The molecule has 0 aliphatic rings. The van der Waals surface area contributed by atoms with Gasteiger partial charge in [-0.2, -0.15) is 5.10 Å². The van der Waals surface area contributed by atoms with Crippen molar-refractivity contribution in [1.29, 1.82) is 0 Å². The van der Waals surface area contributed by atoms with Gasteiger partial charge in [-0.05, 0) is 37.1 Å². The second-order valence-corrected chi connectivity index (χ2v) is 7.34. The van der Waals surface area contributed by atoms with Crippen LogP contribution in [0.2, 0.25) is 0 Å². The summed E-state index contributed by atoms with van der Waals surface area (Å²) in [5.41, 5.74) is 2.93. The summed E-state index contributed by atoms with van der Waals surface area (Å²) in [6.45, 7) is 6.25. The normalized spacial score (nSPS) is 10.6. The SMILES string of the molecule is CCCN(CCC)c1ccc(-c2nn(-c3ccccc3)c(C(=O)OC)c2C(=O)OC)cc1. The molecule has 0 saturated carbocycles. The number of carbonyl (C=O) groups excluding carboxylic acids is 2. The maximum atomic E-state index is 12.7. The van der Waals surface area contributed by atoms with Crippen molar-refractivity contribution in [1.82, 2.24) is 9.78 Å². The van der Waals surface area contributed by atoms with E-state index in [1.807, 2.05) is 42.5 Å². The van der Waals surface area contributed by atoms with Crippen LogP contribution in [0.1, 0.15) is 47.5 Å². The first-order valence-corrected chi connectivity index (χ1v) is 10.8. The highest BCUT2D eigenvalue weighted by Gasteiger charge is 2.31. The summed E-state index contributed by atoms with van der Waals surface area (Å²) in [7, 11) is 2.56. The number of anilines is 1. The van der Waals surface area contributed by atoms with Gasteiger partial charge in [-0.3, -0.25) is 0 Å². The lowest BCUT2D eigenvalue weighted by Crippen LogP contribution is -2.24. The average Bonchev–Trinajstić information content (AvgIpc) is 3.24. The fraction of sp³-hybridized carbons (Fsp3) is 0.320. The highest BCUT2D eigenvalue weighted by molar-refractivity contribution is 6.06. The molecule has 0 aliphatic carbocycles. The van der Waals surface area contributed by atoms with Crippen LogP contribution in [-0.4, -0.2) is 49.0 Å². The summed E-state index contributed by atoms with van der Waals surface area (Å²) in [6, 6.07) is 17.0. The molecule has 7 nitrogen and oxygen atoms in total. The van der Waals surface area contributed by atoms with E-state index in [0.29, 0.717) is 16.9 Å². The number of aromatic nitrogens is 2. The Balaban J connectivity index is 2.16. The number of hydrogen-bond acceptors (Lipinski definition) is 6. The van der Waals surface area contributed by atoms with Crippen molar-refractivity contribution in [3.8, 4) is 16.9 Å². The third kappa shape index (κ3) is 4.66. The number of para-hydroxylation sites is 1. The maximum absolute atomic E-state index is 12.7. The van der Waals surface area contributed by atoms with Gasteiger partial charge in [-0.25, -0.2) is 14.3 Å². The van der Waals surface area contributed by atoms with Gasteiger partial charge in [0, 0.05) is 24.3 Å². The highest BCUT2D eigenvalue weighted by atomic mass is 16.5. The first-order chi connectivity index (χ1) is 15.5. The number of hydrogen-bond donors (Lipinski definition) is 0. The Morgan fingerprint density at radius 3 is 2.00 bits per heavy atom. The van der Waals surface area contributed by atoms with E-state index in [9.17, 15) is 9.59 Å². The van der Waals surface area contributed by atoms with Crippen LogP contribution in [0.5, 0.6) is 0 Å². The molecule has 0 N–H and O–H groups in total. The first kappa shape index (κ1) is 23.1. The quantitative estimate of drug-likeness (QED) is 0.452. The van der Waals surface area contributed by atoms with Gasteiger partial charge in [-0.1, -0.05) is 44.2 Å². The minimum Gasteiger partial charge on any atom is -0.465 e. The Kier molecular flexibility index (Phi) is 7.65. The van der Waals surface area contributed by atoms with Gasteiger partial charge < -0.3 is 14.4 Å². The second-order valence-electron chi connectivity index (χ2n) is 7.34. The Bertz CT molecular complexity index is 1050. The number of carbonyl (C=O) groups is 2. The molecule has 0 radical (unpaired) electrons. The molecule has 0 saturated heterocycles. The van der Waals surface area contributed by atoms with Crippen molar-refractivity contribution in [2.45, 2.75) is 26.7 Å². The van der Waals surface area contributed by atoms with E-state index in [1.165, 1.54) is 18.9 Å². The van der Waals surface area contributed by atoms with E-state index in [1.54, 1.807) is 12.1 Å². The van der Waals surface area contributed by atoms with E-state index in [-0.39, 0.29) is 11.3 Å². The molecule has 2 aromatic carbocycles. The van der Waals surface area contributed by atoms with Crippen LogP contribution in [0.4, 0.5) is 5.69 Å². The number of ether oxygens (including phenoxy) is 2. The highest BCUT2D eigenvalue weighted by Crippen LogP contribution is 2.30. The third-order valence-electron chi connectivity index (χ3n) is 5.15. The Hall–Kier alpha value is -3.61. The van der Waals surface area contributed by atoms with Gasteiger partial charge in [0.25, 0.3) is 0 Å². The van der Waals surface area contributed by atoms with E-state index < -0.39 is 11.9 Å². The monoisotopic (exact) mass is 435 g/mol. The summed E-state index contributed by atoms with van der Waals surface area (Å²) in [6.07, 6.45) is 2.11. The van der Waals surface area contributed by atoms with Crippen LogP contribution in [0, 0.1) is 0 Å². The number of benzene rings is 2. The molecule has 1 aromatic heterocycles. The zero-order valence-corrected chi connectivity index (χ0v) is 19.0. The van der Waals surface area contributed by atoms with Crippen LogP contribution in [0.15, 0.2) is 54.6 Å². The van der Waals surface area contributed by atoms with Crippen LogP contribution in [0.3, 0.4) is 0 Å². The van der Waals surface area contributed by atoms with Crippen molar-refractivity contribution in [2.75, 3.05) is 32.2 Å². The molecule has 0 atom stereocenters. The molecule has 0 aliphatic heterocycles. The molecule has 0 amide bonds. The molecular weight excluding hydrogens is 406 g/mol. The third-order valence-corrected chi connectivity index (χ3v) is 5.15. The van der Waals surface area contributed by atoms with Crippen LogP contribution in [-0.2, 0) is 9.47 Å². The molecule has 7 heteroatoms. The van der Waals surface area contributed by atoms with E-state index in [2.05, 4.69) is 23.8 Å². The lowest BCUT2D eigenvalue weighted by molar-refractivity contribution is 0.0549. The number of methoxy groups -OCH3 is 2. The molecule has 0 unspecified atom stereocenters. The molecule has 3 rings (SSSR count). The number of rotatable bonds is 9. The van der Waals surface area contributed by atoms with Gasteiger partial charge in [0.2, 0.25) is 0 Å². The van der Waals surface area contributed by atoms with Crippen molar-refractivity contribution in [3.05, 3.63) is 65.9 Å². The van der Waals surface area contributed by atoms with Crippen LogP contribution >= 0.6 is 0 Å². The van der Waals surface area contributed by atoms with Gasteiger partial charge in [0.15, 0.2) is 5.69 Å². The number of esters is 2. The lowest BCUT2D eigenvalue weighted by atomic mass is 10.0. The van der Waals surface area contributed by atoms with Crippen molar-refractivity contribution >= 4 is 17.6 Å². The van der Waals surface area contributed by atoms with E-state index in [0.717, 1.165) is 31.6 Å². The zero-order chi connectivity index (χ0) is 23.1. The number of nitrogens with zero attached hydrogens (tertiary/aromatic N) is 3. The smallest absolute Gasteiger partial charge is 0.357 e. The molecular formula is C25H29N3O4. The Morgan fingerprint density at radius 2 is 1.47 bits per heavy atom. The van der Waals surface area contributed by atoms with Gasteiger partial charge >= 0.3 is 11.9 Å². The van der Waals surface area contributed by atoms with E-state index in [4.69, 9.17) is 9.47 Å². The van der Waals surface area contributed by atoms with Crippen molar-refractivity contribution in [2.24, 2.45) is 0 Å². The second kappa shape index (κ2) is 10.6. The van der Waals surface area contributed by atoms with Crippen molar-refractivity contribution < 1.29 is 19.1 Å². The van der Waals surface area contributed by atoms with Crippen LogP contribution < -0.4 is 4.90 Å². The predicted octanol–water partition coefficient (Wildman–Crippen LogP) is 4.74. The minimum absolute atomic E-state index is 0.0308. The topological polar surface area (TPSA) is 73.7 Å². The minimum atomic E-state index is -0.665. The lowest BCUT2D eigenvalue weighted by Gasteiger charge is -2.23. The zero-order valence-electron chi connectivity index (χ0n) is 19.0. The largest absolute Gasteiger partial charge is 0.465 e.